The predicted molar refractivity (Wildman–Crippen MR) is 140 cm³/mol. The maximum atomic E-state index is 13.7. The molecule has 2 aliphatic carbocycles. The number of hydrogen-bond donors (Lipinski definition) is 3. The van der Waals surface area contributed by atoms with Gasteiger partial charge in [0.05, 0.1) is 36.0 Å². The third kappa shape index (κ3) is 4.14. The molecule has 0 saturated carbocycles. The molecule has 0 spiro atoms. The van der Waals surface area contributed by atoms with Crippen molar-refractivity contribution in [1.29, 1.82) is 0 Å². The lowest BCUT2D eigenvalue weighted by atomic mass is 9.64. The minimum Gasteiger partial charge on any atom is -0.507 e. The monoisotopic (exact) mass is 540 g/mol. The summed E-state index contributed by atoms with van der Waals surface area (Å²) in [5.41, 5.74) is -0.263. The Balaban J connectivity index is 1.63. The predicted octanol–water partition coefficient (Wildman–Crippen LogP) is 4.06. The zero-order valence-corrected chi connectivity index (χ0v) is 23.3. The van der Waals surface area contributed by atoms with E-state index in [0.29, 0.717) is 17.5 Å². The van der Waals surface area contributed by atoms with Gasteiger partial charge in [-0.05, 0) is 49.3 Å². The minimum atomic E-state index is -0.902. The van der Waals surface area contributed by atoms with Crippen molar-refractivity contribution in [2.75, 3.05) is 14.2 Å². The molecule has 3 N–H and O–H groups in total. The molecule has 0 aromatic heterocycles. The van der Waals surface area contributed by atoms with Gasteiger partial charge in [-0.1, -0.05) is 20.8 Å². The number of ether oxygens (including phenoxy) is 4. The van der Waals surface area contributed by atoms with Crippen LogP contribution in [0.25, 0.3) is 0 Å². The first-order chi connectivity index (χ1) is 18.2. The lowest BCUT2D eigenvalue weighted by Gasteiger charge is -2.48. The first-order valence-electron chi connectivity index (χ1n) is 13.2. The van der Waals surface area contributed by atoms with Crippen molar-refractivity contribution in [3.63, 3.8) is 0 Å². The van der Waals surface area contributed by atoms with Crippen LogP contribution in [0, 0.1) is 11.3 Å². The standard InChI is InChI=1S/C30H36O9/c1-13-27(39-20-12-30(5,37-7)28(35)14(2)38-20)21-15(11-29(13,3)4)8-17-23(25(21)33)26(34)22-18(24(17)32)9-16(36-6)10-19(22)31/h8-10,13-14,20,27-28,31,33,35H,11-12H2,1-7H3/t13?,14?,20?,27-,28?,30?/m0/s1. The largest absolute Gasteiger partial charge is 0.507 e. The molecular weight excluding hydrogens is 504 g/mol. The average Bonchev–Trinajstić information content (AvgIpc) is 2.87. The molecule has 6 atom stereocenters. The molecule has 1 saturated heterocycles. The van der Waals surface area contributed by atoms with E-state index in [1.54, 1.807) is 19.9 Å². The molecule has 2 aromatic rings. The van der Waals surface area contributed by atoms with Gasteiger partial charge in [-0.2, -0.15) is 0 Å². The Bertz CT molecular complexity index is 1360. The van der Waals surface area contributed by atoms with Gasteiger partial charge in [-0.15, -0.1) is 0 Å². The number of hydrogen-bond acceptors (Lipinski definition) is 9. The molecule has 210 valence electrons. The van der Waals surface area contributed by atoms with Gasteiger partial charge >= 0.3 is 0 Å². The molecule has 0 amide bonds. The molecule has 1 aliphatic heterocycles. The number of aromatic hydroxyl groups is 2. The normalized spacial score (nSPS) is 31.3. The van der Waals surface area contributed by atoms with Gasteiger partial charge in [0.1, 0.15) is 23.4 Å². The second-order valence-corrected chi connectivity index (χ2v) is 11.9. The zero-order valence-electron chi connectivity index (χ0n) is 23.3. The highest BCUT2D eigenvalue weighted by Gasteiger charge is 2.49. The summed E-state index contributed by atoms with van der Waals surface area (Å²) < 4.78 is 23.4. The van der Waals surface area contributed by atoms with E-state index in [4.69, 9.17) is 18.9 Å². The average molecular weight is 541 g/mol. The summed E-state index contributed by atoms with van der Waals surface area (Å²) in [7, 11) is 2.94. The van der Waals surface area contributed by atoms with Gasteiger partial charge in [-0.3, -0.25) is 9.59 Å². The lowest BCUT2D eigenvalue weighted by Crippen LogP contribution is -2.56. The number of ketones is 2. The fourth-order valence-electron chi connectivity index (χ4n) is 6.27. The summed E-state index contributed by atoms with van der Waals surface area (Å²) in [5.74, 6) is -1.71. The van der Waals surface area contributed by atoms with Crippen molar-refractivity contribution < 1.29 is 43.9 Å². The van der Waals surface area contributed by atoms with E-state index in [-0.39, 0.29) is 51.5 Å². The maximum Gasteiger partial charge on any atom is 0.201 e. The lowest BCUT2D eigenvalue weighted by molar-refractivity contribution is -0.296. The number of carbonyl (C=O) groups excluding carboxylic acids is 2. The van der Waals surface area contributed by atoms with Crippen molar-refractivity contribution in [1.82, 2.24) is 0 Å². The molecule has 2 aromatic carbocycles. The summed E-state index contributed by atoms with van der Waals surface area (Å²) in [4.78, 5) is 27.3. The SMILES string of the molecule is COc1cc(O)c2c(c1)C(=O)c1cc3c(c(O)c1C2=O)[C@@H](OC1CC(C)(OC)C(O)C(C)O1)C(C)C(C)(C)C3. The van der Waals surface area contributed by atoms with Gasteiger partial charge in [0.25, 0.3) is 0 Å². The van der Waals surface area contributed by atoms with Gasteiger partial charge in [-0.25, -0.2) is 0 Å². The Morgan fingerprint density at radius 1 is 0.974 bits per heavy atom. The Morgan fingerprint density at radius 3 is 2.28 bits per heavy atom. The molecule has 5 rings (SSSR count). The third-order valence-electron chi connectivity index (χ3n) is 9.09. The van der Waals surface area contributed by atoms with Gasteiger partial charge in [0.2, 0.25) is 5.78 Å². The van der Waals surface area contributed by atoms with Crippen LogP contribution in [0.1, 0.15) is 90.1 Å². The van der Waals surface area contributed by atoms with Gasteiger partial charge < -0.3 is 34.3 Å². The molecule has 0 bridgehead atoms. The Kier molecular flexibility index (Phi) is 6.58. The van der Waals surface area contributed by atoms with Crippen molar-refractivity contribution in [3.8, 4) is 17.2 Å². The fraction of sp³-hybridized carbons (Fsp3) is 0.533. The zero-order chi connectivity index (χ0) is 28.6. The van der Waals surface area contributed by atoms with Crippen LogP contribution in [0.15, 0.2) is 18.2 Å². The summed E-state index contributed by atoms with van der Waals surface area (Å²) in [6, 6.07) is 4.36. The number of methoxy groups -OCH3 is 2. The van der Waals surface area contributed by atoms with E-state index >= 15 is 0 Å². The van der Waals surface area contributed by atoms with Crippen molar-refractivity contribution in [2.24, 2.45) is 11.3 Å². The second kappa shape index (κ2) is 9.30. The molecular formula is C30H36O9. The highest BCUT2D eigenvalue weighted by molar-refractivity contribution is 6.30. The van der Waals surface area contributed by atoms with Gasteiger partial charge in [0, 0.05) is 36.3 Å². The van der Waals surface area contributed by atoms with E-state index in [0.717, 1.165) is 0 Å². The first-order valence-corrected chi connectivity index (χ1v) is 13.2. The molecule has 9 nitrogen and oxygen atoms in total. The summed E-state index contributed by atoms with van der Waals surface area (Å²) in [5, 5.41) is 32.9. The van der Waals surface area contributed by atoms with Crippen molar-refractivity contribution in [3.05, 3.63) is 51.6 Å². The molecule has 5 unspecified atom stereocenters. The summed E-state index contributed by atoms with van der Waals surface area (Å²) in [6.45, 7) is 9.74. The molecule has 0 radical (unpaired) electrons. The Hall–Kier alpha value is -2.98. The summed E-state index contributed by atoms with van der Waals surface area (Å²) >= 11 is 0. The molecule has 1 heterocycles. The number of benzene rings is 2. The number of rotatable bonds is 4. The van der Waals surface area contributed by atoms with Crippen LogP contribution < -0.4 is 4.74 Å². The Labute approximate surface area is 227 Å². The van der Waals surface area contributed by atoms with Crippen LogP contribution in [-0.2, 0) is 20.6 Å². The van der Waals surface area contributed by atoms with Crippen LogP contribution in [0.5, 0.6) is 17.2 Å². The topological polar surface area (TPSA) is 132 Å². The van der Waals surface area contributed by atoms with Crippen molar-refractivity contribution >= 4 is 11.6 Å². The molecule has 39 heavy (non-hydrogen) atoms. The third-order valence-corrected chi connectivity index (χ3v) is 9.09. The second-order valence-electron chi connectivity index (χ2n) is 11.9. The van der Waals surface area contributed by atoms with E-state index in [1.807, 2.05) is 6.92 Å². The number of phenols is 2. The van der Waals surface area contributed by atoms with Crippen LogP contribution in [0.4, 0.5) is 0 Å². The highest BCUT2D eigenvalue weighted by atomic mass is 16.7. The molecule has 9 heteroatoms. The maximum absolute atomic E-state index is 13.7. The molecule has 1 fully saturated rings. The number of aliphatic hydroxyl groups is 1. The van der Waals surface area contributed by atoms with Crippen LogP contribution in [0.2, 0.25) is 0 Å². The van der Waals surface area contributed by atoms with Crippen LogP contribution in [-0.4, -0.2) is 65.2 Å². The number of fused-ring (bicyclic) bond motifs is 3. The van der Waals surface area contributed by atoms with Crippen molar-refractivity contribution in [2.45, 2.75) is 77.7 Å². The quantitative estimate of drug-likeness (QED) is 0.448. The summed E-state index contributed by atoms with van der Waals surface area (Å²) in [6.07, 6.45) is -2.07. The Morgan fingerprint density at radius 2 is 1.64 bits per heavy atom. The van der Waals surface area contributed by atoms with E-state index < -0.39 is 47.5 Å². The number of carbonyl (C=O) groups is 2. The van der Waals surface area contributed by atoms with Gasteiger partial charge in [0.15, 0.2) is 12.1 Å². The van der Waals surface area contributed by atoms with E-state index in [1.165, 1.54) is 26.4 Å². The smallest absolute Gasteiger partial charge is 0.201 e. The fourth-order valence-corrected chi connectivity index (χ4v) is 6.27. The first kappa shape index (κ1) is 27.6. The minimum absolute atomic E-state index is 0.0296. The van der Waals surface area contributed by atoms with Crippen LogP contribution >= 0.6 is 0 Å². The van der Waals surface area contributed by atoms with E-state index in [9.17, 15) is 24.9 Å². The number of aliphatic hydroxyl groups excluding tert-OH is 1. The van der Waals surface area contributed by atoms with E-state index in [2.05, 4.69) is 13.8 Å². The highest BCUT2D eigenvalue weighted by Crippen LogP contribution is 2.53. The van der Waals surface area contributed by atoms with Crippen LogP contribution in [0.3, 0.4) is 0 Å². The molecule has 3 aliphatic rings. The number of phenolic OH excluding ortho intramolecular Hbond substituents is 2.